The first kappa shape index (κ1) is 18.9. The molecule has 0 aromatic heterocycles. The topological polar surface area (TPSA) is 50.4 Å². The molecule has 0 heterocycles. The number of carbonyl (C=O) groups excluding carboxylic acids is 1. The van der Waals surface area contributed by atoms with E-state index in [0.29, 0.717) is 5.92 Å². The number of aryl methyl sites for hydroxylation is 2. The molecular weight excluding hydrogens is 332 g/mol. The van der Waals surface area contributed by atoms with Crippen molar-refractivity contribution in [3.8, 4) is 5.75 Å². The van der Waals surface area contributed by atoms with Crippen molar-refractivity contribution >= 4 is 28.9 Å². The highest BCUT2D eigenvalue weighted by atomic mass is 32.1. The van der Waals surface area contributed by atoms with Gasteiger partial charge in [-0.25, -0.2) is 0 Å². The molecule has 0 aliphatic rings. The largest absolute Gasteiger partial charge is 0.483 e. The highest BCUT2D eigenvalue weighted by molar-refractivity contribution is 7.80. The van der Waals surface area contributed by atoms with Gasteiger partial charge in [0.15, 0.2) is 11.7 Å². The van der Waals surface area contributed by atoms with Crippen LogP contribution in [-0.4, -0.2) is 17.6 Å². The van der Waals surface area contributed by atoms with E-state index in [4.69, 9.17) is 17.0 Å². The summed E-state index contributed by atoms with van der Waals surface area (Å²) in [5.41, 5.74) is 4.14. The Morgan fingerprint density at radius 2 is 1.88 bits per heavy atom. The highest BCUT2D eigenvalue weighted by Gasteiger charge is 2.10. The van der Waals surface area contributed by atoms with Crippen LogP contribution in [0.15, 0.2) is 42.5 Å². The van der Waals surface area contributed by atoms with Crippen LogP contribution in [0.25, 0.3) is 0 Å². The molecule has 132 valence electrons. The molecule has 0 saturated carbocycles. The molecule has 2 N–H and O–H groups in total. The number of para-hydroxylation sites is 1. The lowest BCUT2D eigenvalue weighted by molar-refractivity contribution is -0.121. The Morgan fingerprint density at radius 1 is 1.16 bits per heavy atom. The summed E-state index contributed by atoms with van der Waals surface area (Å²) in [5, 5.41) is 5.97. The van der Waals surface area contributed by atoms with Crippen LogP contribution >= 0.6 is 12.2 Å². The number of carbonyl (C=O) groups is 1. The Balaban J connectivity index is 1.90. The highest BCUT2D eigenvalue weighted by Crippen LogP contribution is 2.25. The van der Waals surface area contributed by atoms with E-state index < -0.39 is 0 Å². The maximum Gasteiger partial charge on any atom is 0.264 e. The molecule has 25 heavy (non-hydrogen) atoms. The van der Waals surface area contributed by atoms with Gasteiger partial charge < -0.3 is 10.1 Å². The minimum absolute atomic E-state index is 0.0850. The van der Waals surface area contributed by atoms with Gasteiger partial charge in [0.05, 0.1) is 0 Å². The minimum atomic E-state index is -0.290. The van der Waals surface area contributed by atoms with E-state index in [-0.39, 0.29) is 17.6 Å². The van der Waals surface area contributed by atoms with E-state index in [2.05, 4.69) is 24.5 Å². The lowest BCUT2D eigenvalue weighted by Crippen LogP contribution is -2.37. The number of hydrogen-bond donors (Lipinski definition) is 2. The number of ether oxygens (including phenoxy) is 1. The fourth-order valence-electron chi connectivity index (χ4n) is 2.42. The molecule has 2 aromatic rings. The van der Waals surface area contributed by atoms with Crippen LogP contribution in [0.3, 0.4) is 0 Å². The average molecular weight is 356 g/mol. The second-order valence-electron chi connectivity index (χ2n) is 6.30. The SMILES string of the molecule is Cc1ccc(C)c(NC(=S)NC(=O)COc2ccccc2C(C)C)c1. The summed E-state index contributed by atoms with van der Waals surface area (Å²) in [6, 6.07) is 13.8. The number of amides is 1. The summed E-state index contributed by atoms with van der Waals surface area (Å²) >= 11 is 5.21. The van der Waals surface area contributed by atoms with Crippen molar-refractivity contribution in [2.45, 2.75) is 33.6 Å². The van der Waals surface area contributed by atoms with Gasteiger partial charge in [-0.2, -0.15) is 0 Å². The summed E-state index contributed by atoms with van der Waals surface area (Å²) in [5.74, 6) is 0.758. The summed E-state index contributed by atoms with van der Waals surface area (Å²) in [6.45, 7) is 8.08. The Hall–Kier alpha value is -2.40. The van der Waals surface area contributed by atoms with Crippen LogP contribution in [-0.2, 0) is 4.79 Å². The van der Waals surface area contributed by atoms with E-state index >= 15 is 0 Å². The molecule has 2 aromatic carbocycles. The van der Waals surface area contributed by atoms with Crippen molar-refractivity contribution in [1.82, 2.24) is 5.32 Å². The zero-order valence-corrected chi connectivity index (χ0v) is 15.9. The number of hydrogen-bond acceptors (Lipinski definition) is 3. The van der Waals surface area contributed by atoms with Gasteiger partial charge in [-0.1, -0.05) is 44.2 Å². The third-order valence-corrected chi connectivity index (χ3v) is 4.00. The van der Waals surface area contributed by atoms with Crippen molar-refractivity contribution in [1.29, 1.82) is 0 Å². The molecular formula is C20H24N2O2S. The number of anilines is 1. The third kappa shape index (κ3) is 5.57. The number of benzene rings is 2. The van der Waals surface area contributed by atoms with Gasteiger partial charge >= 0.3 is 0 Å². The van der Waals surface area contributed by atoms with Gasteiger partial charge in [0.1, 0.15) is 5.75 Å². The molecule has 5 heteroatoms. The van der Waals surface area contributed by atoms with Crippen molar-refractivity contribution in [3.63, 3.8) is 0 Å². The first-order valence-corrected chi connectivity index (χ1v) is 8.67. The van der Waals surface area contributed by atoms with E-state index in [9.17, 15) is 4.79 Å². The first-order chi connectivity index (χ1) is 11.9. The van der Waals surface area contributed by atoms with Gasteiger partial charge in [0.25, 0.3) is 5.91 Å². The molecule has 2 rings (SSSR count). The van der Waals surface area contributed by atoms with Crippen molar-refractivity contribution in [3.05, 3.63) is 59.2 Å². The fraction of sp³-hybridized carbons (Fsp3) is 0.300. The van der Waals surface area contributed by atoms with E-state index in [1.807, 2.05) is 56.3 Å². The van der Waals surface area contributed by atoms with Crippen LogP contribution in [0.1, 0.15) is 36.5 Å². The lowest BCUT2D eigenvalue weighted by atomic mass is 10.0. The van der Waals surface area contributed by atoms with Crippen LogP contribution in [0.2, 0.25) is 0 Å². The predicted molar refractivity (Wildman–Crippen MR) is 106 cm³/mol. The van der Waals surface area contributed by atoms with Gasteiger partial charge in [-0.05, 0) is 60.8 Å². The van der Waals surface area contributed by atoms with E-state index in [0.717, 1.165) is 28.1 Å². The lowest BCUT2D eigenvalue weighted by Gasteiger charge is -2.15. The van der Waals surface area contributed by atoms with Gasteiger partial charge in [-0.15, -0.1) is 0 Å². The molecule has 0 bridgehead atoms. The first-order valence-electron chi connectivity index (χ1n) is 8.26. The van der Waals surface area contributed by atoms with Gasteiger partial charge in [0.2, 0.25) is 0 Å². The quantitative estimate of drug-likeness (QED) is 0.784. The molecule has 0 atom stereocenters. The Morgan fingerprint density at radius 3 is 2.60 bits per heavy atom. The van der Waals surface area contributed by atoms with Crippen LogP contribution in [0, 0.1) is 13.8 Å². The molecule has 0 aliphatic heterocycles. The maximum absolute atomic E-state index is 12.1. The summed E-state index contributed by atoms with van der Waals surface area (Å²) < 4.78 is 5.65. The second-order valence-corrected chi connectivity index (χ2v) is 6.71. The van der Waals surface area contributed by atoms with Gasteiger partial charge in [0, 0.05) is 5.69 Å². The predicted octanol–water partition coefficient (Wildman–Crippen LogP) is 4.32. The van der Waals surface area contributed by atoms with Gasteiger partial charge in [-0.3, -0.25) is 10.1 Å². The molecule has 0 unspecified atom stereocenters. The fourth-order valence-corrected chi connectivity index (χ4v) is 2.64. The minimum Gasteiger partial charge on any atom is -0.483 e. The zero-order chi connectivity index (χ0) is 18.4. The van der Waals surface area contributed by atoms with Crippen LogP contribution in [0.4, 0.5) is 5.69 Å². The summed E-state index contributed by atoms with van der Waals surface area (Å²) in [7, 11) is 0. The van der Waals surface area contributed by atoms with Crippen LogP contribution < -0.4 is 15.4 Å². The standard InChI is InChI=1S/C20H24N2O2S/c1-13(2)16-7-5-6-8-18(16)24-12-19(23)22-20(25)21-17-11-14(3)9-10-15(17)4/h5-11,13H,12H2,1-4H3,(H2,21,22,23,25). The molecule has 1 amide bonds. The number of rotatable bonds is 5. The summed E-state index contributed by atoms with van der Waals surface area (Å²) in [4.78, 5) is 12.1. The van der Waals surface area contributed by atoms with E-state index in [1.54, 1.807) is 0 Å². The second kappa shape index (κ2) is 8.62. The number of nitrogens with one attached hydrogen (secondary N) is 2. The third-order valence-electron chi connectivity index (χ3n) is 3.79. The summed E-state index contributed by atoms with van der Waals surface area (Å²) in [6.07, 6.45) is 0. The number of thiocarbonyl (C=S) groups is 1. The maximum atomic E-state index is 12.1. The van der Waals surface area contributed by atoms with E-state index in [1.165, 1.54) is 0 Å². The normalized spacial score (nSPS) is 10.4. The smallest absolute Gasteiger partial charge is 0.264 e. The molecule has 0 spiro atoms. The van der Waals surface area contributed by atoms with Crippen molar-refractivity contribution in [2.75, 3.05) is 11.9 Å². The monoisotopic (exact) mass is 356 g/mol. The van der Waals surface area contributed by atoms with Crippen LogP contribution in [0.5, 0.6) is 5.75 Å². The zero-order valence-electron chi connectivity index (χ0n) is 15.1. The molecule has 0 aliphatic carbocycles. The van der Waals surface area contributed by atoms with Crippen molar-refractivity contribution in [2.24, 2.45) is 0 Å². The Labute approximate surface area is 154 Å². The molecule has 0 fully saturated rings. The molecule has 4 nitrogen and oxygen atoms in total. The average Bonchev–Trinajstić information content (AvgIpc) is 2.56. The Kier molecular flexibility index (Phi) is 6.53. The molecule has 0 saturated heterocycles. The molecule has 0 radical (unpaired) electrons. The van der Waals surface area contributed by atoms with Crippen molar-refractivity contribution < 1.29 is 9.53 Å². The Bertz CT molecular complexity index is 772.